The van der Waals surface area contributed by atoms with E-state index in [1.165, 1.54) is 17.9 Å². The van der Waals surface area contributed by atoms with Crippen LogP contribution < -0.4 is 11.1 Å². The largest absolute Gasteiger partial charge is 0.416 e. The Bertz CT molecular complexity index is 622. The van der Waals surface area contributed by atoms with Crippen LogP contribution in [0.3, 0.4) is 0 Å². The fourth-order valence-electron chi connectivity index (χ4n) is 2.57. The number of anilines is 1. The predicted octanol–water partition coefficient (Wildman–Crippen LogP) is 2.65. The maximum absolute atomic E-state index is 13.0. The highest BCUT2D eigenvalue weighted by Gasteiger charge is 2.33. The Kier molecular flexibility index (Phi) is 6.62. The van der Waals surface area contributed by atoms with Gasteiger partial charge >= 0.3 is 6.18 Å². The van der Waals surface area contributed by atoms with Crippen LogP contribution in [0.2, 0.25) is 0 Å². The van der Waals surface area contributed by atoms with Crippen molar-refractivity contribution in [3.63, 3.8) is 0 Å². The molecule has 0 saturated carbocycles. The monoisotopic (exact) mass is 365 g/mol. The SMILES string of the molecule is CC(=O)Nc1cc(C(=O)N2CCCC(N)C2)cc(C(F)(F)F)c1.Cl. The van der Waals surface area contributed by atoms with Gasteiger partial charge in [0.05, 0.1) is 5.56 Å². The van der Waals surface area contributed by atoms with Crippen LogP contribution in [0.15, 0.2) is 18.2 Å². The lowest BCUT2D eigenvalue weighted by Gasteiger charge is -2.31. The second kappa shape index (κ2) is 7.85. The molecule has 2 amide bonds. The molecule has 1 fully saturated rings. The van der Waals surface area contributed by atoms with Crippen molar-refractivity contribution in [3.05, 3.63) is 29.3 Å². The summed E-state index contributed by atoms with van der Waals surface area (Å²) >= 11 is 0. The van der Waals surface area contributed by atoms with Gasteiger partial charge in [0.15, 0.2) is 0 Å². The van der Waals surface area contributed by atoms with Gasteiger partial charge in [0.1, 0.15) is 0 Å². The van der Waals surface area contributed by atoms with Crippen LogP contribution in [-0.4, -0.2) is 35.8 Å². The summed E-state index contributed by atoms with van der Waals surface area (Å²) in [7, 11) is 0. The Morgan fingerprint density at radius 2 is 1.96 bits per heavy atom. The molecule has 1 atom stereocenters. The Morgan fingerprint density at radius 1 is 1.29 bits per heavy atom. The Morgan fingerprint density at radius 3 is 2.50 bits per heavy atom. The predicted molar refractivity (Wildman–Crippen MR) is 86.1 cm³/mol. The van der Waals surface area contributed by atoms with Gasteiger partial charge in [-0.3, -0.25) is 9.59 Å². The second-order valence-corrected chi connectivity index (χ2v) is 5.63. The van der Waals surface area contributed by atoms with Crippen molar-refractivity contribution in [2.24, 2.45) is 5.73 Å². The summed E-state index contributed by atoms with van der Waals surface area (Å²) in [5.74, 6) is -1.03. The van der Waals surface area contributed by atoms with Crippen LogP contribution in [0.25, 0.3) is 0 Å². The minimum atomic E-state index is -4.61. The van der Waals surface area contributed by atoms with Crippen molar-refractivity contribution >= 4 is 29.9 Å². The Balaban J connectivity index is 0.00000288. The third-order valence-corrected chi connectivity index (χ3v) is 3.57. The fourth-order valence-corrected chi connectivity index (χ4v) is 2.57. The van der Waals surface area contributed by atoms with Crippen molar-refractivity contribution in [3.8, 4) is 0 Å². The molecule has 0 bridgehead atoms. The van der Waals surface area contributed by atoms with Gasteiger partial charge in [-0.25, -0.2) is 0 Å². The molecule has 0 aliphatic carbocycles. The van der Waals surface area contributed by atoms with Gasteiger partial charge in [-0.2, -0.15) is 13.2 Å². The van der Waals surface area contributed by atoms with E-state index in [1.54, 1.807) is 0 Å². The lowest BCUT2D eigenvalue weighted by molar-refractivity contribution is -0.137. The number of rotatable bonds is 2. The fraction of sp³-hybridized carbons (Fsp3) is 0.467. The highest BCUT2D eigenvalue weighted by molar-refractivity contribution is 5.97. The molecule has 0 aromatic heterocycles. The first kappa shape index (κ1) is 20.2. The van der Waals surface area contributed by atoms with Crippen LogP contribution in [0, 0.1) is 0 Å². The highest BCUT2D eigenvalue weighted by atomic mass is 35.5. The van der Waals surface area contributed by atoms with Crippen molar-refractivity contribution < 1.29 is 22.8 Å². The molecule has 1 aromatic carbocycles. The summed E-state index contributed by atoms with van der Waals surface area (Å²) in [6.45, 7) is 1.95. The molecule has 5 nitrogen and oxygen atoms in total. The third kappa shape index (κ3) is 5.10. The molecule has 24 heavy (non-hydrogen) atoms. The first-order valence-corrected chi connectivity index (χ1v) is 7.21. The first-order chi connectivity index (χ1) is 10.7. The summed E-state index contributed by atoms with van der Waals surface area (Å²) in [5.41, 5.74) is 4.66. The number of halogens is 4. The van der Waals surface area contributed by atoms with Gasteiger partial charge in [0, 0.05) is 37.3 Å². The zero-order valence-corrected chi connectivity index (χ0v) is 13.8. The van der Waals surface area contributed by atoms with Crippen molar-refractivity contribution in [2.75, 3.05) is 18.4 Å². The molecule has 1 unspecified atom stereocenters. The number of carbonyl (C=O) groups excluding carboxylic acids is 2. The number of piperidine rings is 1. The Labute approximate surface area is 143 Å². The minimum absolute atomic E-state index is 0. The Hall–Kier alpha value is -1.80. The number of alkyl halides is 3. The van der Waals surface area contributed by atoms with Crippen LogP contribution in [0.1, 0.15) is 35.7 Å². The molecule has 1 heterocycles. The van der Waals surface area contributed by atoms with Crippen LogP contribution >= 0.6 is 12.4 Å². The van der Waals surface area contributed by atoms with Crippen molar-refractivity contribution in [1.29, 1.82) is 0 Å². The summed E-state index contributed by atoms with van der Waals surface area (Å²) in [6, 6.07) is 2.68. The number of nitrogens with one attached hydrogen (secondary N) is 1. The normalized spacial score (nSPS) is 17.9. The molecule has 134 valence electrons. The smallest absolute Gasteiger partial charge is 0.337 e. The molecular weight excluding hydrogens is 347 g/mol. The molecule has 9 heteroatoms. The molecule has 1 aliphatic heterocycles. The van der Waals surface area contributed by atoms with Crippen LogP contribution in [-0.2, 0) is 11.0 Å². The maximum atomic E-state index is 13.0. The van der Waals surface area contributed by atoms with E-state index in [1.807, 2.05) is 0 Å². The number of hydrogen-bond donors (Lipinski definition) is 2. The number of amides is 2. The average molecular weight is 366 g/mol. The lowest BCUT2D eigenvalue weighted by atomic mass is 10.0. The summed E-state index contributed by atoms with van der Waals surface area (Å²) in [5, 5.41) is 2.29. The number of hydrogen-bond acceptors (Lipinski definition) is 3. The van der Waals surface area contributed by atoms with E-state index < -0.39 is 23.6 Å². The zero-order valence-electron chi connectivity index (χ0n) is 13.0. The van der Waals surface area contributed by atoms with Gasteiger partial charge in [-0.05, 0) is 31.0 Å². The molecule has 3 N–H and O–H groups in total. The topological polar surface area (TPSA) is 75.4 Å². The summed E-state index contributed by atoms with van der Waals surface area (Å²) < 4.78 is 39.0. The number of likely N-dealkylation sites (tertiary alicyclic amines) is 1. The van der Waals surface area contributed by atoms with E-state index in [0.29, 0.717) is 19.5 Å². The first-order valence-electron chi connectivity index (χ1n) is 7.21. The number of nitrogens with two attached hydrogens (primary N) is 1. The molecule has 1 saturated heterocycles. The molecule has 2 rings (SSSR count). The summed E-state index contributed by atoms with van der Waals surface area (Å²) in [4.78, 5) is 25.0. The maximum Gasteiger partial charge on any atom is 0.416 e. The van der Waals surface area contributed by atoms with Gasteiger partial charge in [-0.15, -0.1) is 12.4 Å². The zero-order chi connectivity index (χ0) is 17.2. The van der Waals surface area contributed by atoms with Gasteiger partial charge in [0.2, 0.25) is 5.91 Å². The average Bonchev–Trinajstić information content (AvgIpc) is 2.44. The minimum Gasteiger partial charge on any atom is -0.337 e. The van der Waals surface area contributed by atoms with Crippen molar-refractivity contribution in [2.45, 2.75) is 32.0 Å². The molecular formula is C15H19ClF3N3O2. The quantitative estimate of drug-likeness (QED) is 0.846. The standard InChI is InChI=1S/C15H18F3N3O2.ClH/c1-9(22)20-13-6-10(5-11(7-13)15(16,17)18)14(23)21-4-2-3-12(19)8-21;/h5-7,12H,2-4,8,19H2,1H3,(H,20,22);1H. The van der Waals surface area contributed by atoms with E-state index in [-0.39, 0.29) is 29.7 Å². The molecule has 0 radical (unpaired) electrons. The molecule has 1 aliphatic rings. The van der Waals surface area contributed by atoms with E-state index >= 15 is 0 Å². The number of carbonyl (C=O) groups is 2. The van der Waals surface area contributed by atoms with E-state index in [0.717, 1.165) is 18.6 Å². The number of nitrogens with zero attached hydrogens (tertiary/aromatic N) is 1. The lowest BCUT2D eigenvalue weighted by Crippen LogP contribution is -2.45. The van der Waals surface area contributed by atoms with Gasteiger partial charge in [-0.1, -0.05) is 0 Å². The van der Waals surface area contributed by atoms with Crippen LogP contribution in [0.4, 0.5) is 18.9 Å². The van der Waals surface area contributed by atoms with Gasteiger partial charge in [0.25, 0.3) is 5.91 Å². The van der Waals surface area contributed by atoms with Crippen molar-refractivity contribution in [1.82, 2.24) is 4.90 Å². The molecule has 1 aromatic rings. The van der Waals surface area contributed by atoms with E-state index in [4.69, 9.17) is 5.73 Å². The molecule has 0 spiro atoms. The summed E-state index contributed by atoms with van der Waals surface area (Å²) in [6.07, 6.45) is -3.12. The second-order valence-electron chi connectivity index (χ2n) is 5.63. The van der Waals surface area contributed by atoms with Gasteiger partial charge < -0.3 is 16.0 Å². The van der Waals surface area contributed by atoms with Crippen LogP contribution in [0.5, 0.6) is 0 Å². The highest BCUT2D eigenvalue weighted by Crippen LogP contribution is 2.32. The third-order valence-electron chi connectivity index (χ3n) is 3.57. The van der Waals surface area contributed by atoms with E-state index in [2.05, 4.69) is 5.32 Å². The van der Waals surface area contributed by atoms with E-state index in [9.17, 15) is 22.8 Å². The number of benzene rings is 1.